The van der Waals surface area contributed by atoms with E-state index in [2.05, 4.69) is 11.4 Å². The molecule has 108 valence electrons. The molecule has 0 heterocycles. The van der Waals surface area contributed by atoms with Gasteiger partial charge in [0.1, 0.15) is 5.75 Å². The number of nitrogens with two attached hydrogens (primary N) is 1. The van der Waals surface area contributed by atoms with Crippen molar-refractivity contribution < 1.29 is 9.47 Å². The zero-order chi connectivity index (χ0) is 13.9. The number of ether oxygens (including phenoxy) is 2. The fourth-order valence-electron chi connectivity index (χ4n) is 2.13. The van der Waals surface area contributed by atoms with Crippen molar-refractivity contribution in [2.75, 3.05) is 33.9 Å². The molecule has 0 saturated carbocycles. The van der Waals surface area contributed by atoms with Gasteiger partial charge in [0.2, 0.25) is 0 Å². The molecule has 0 radical (unpaired) electrons. The minimum Gasteiger partial charge on any atom is -0.496 e. The molecule has 0 aliphatic rings. The summed E-state index contributed by atoms with van der Waals surface area (Å²) in [7, 11) is 3.44. The lowest BCUT2D eigenvalue weighted by Crippen LogP contribution is -2.35. The third-order valence-corrected chi connectivity index (χ3v) is 3.14. The molecule has 0 saturated heterocycles. The van der Waals surface area contributed by atoms with Crippen molar-refractivity contribution in [1.82, 2.24) is 5.32 Å². The van der Waals surface area contributed by atoms with Crippen molar-refractivity contribution in [2.45, 2.75) is 25.3 Å². The summed E-state index contributed by atoms with van der Waals surface area (Å²) in [6.07, 6.45) is 3.03. The van der Waals surface area contributed by atoms with E-state index in [-0.39, 0.29) is 0 Å². The number of methoxy groups -OCH3 is 2. The number of para-hydroxylation sites is 1. The zero-order valence-electron chi connectivity index (χ0n) is 12.0. The van der Waals surface area contributed by atoms with Gasteiger partial charge in [-0.15, -0.1) is 0 Å². The molecule has 1 aromatic carbocycles. The molecule has 0 aliphatic carbocycles. The van der Waals surface area contributed by atoms with Crippen molar-refractivity contribution in [2.24, 2.45) is 5.73 Å². The first-order valence-electron chi connectivity index (χ1n) is 6.86. The highest BCUT2D eigenvalue weighted by molar-refractivity contribution is 5.33. The van der Waals surface area contributed by atoms with Crippen LogP contribution in [0.15, 0.2) is 24.3 Å². The molecule has 1 unspecified atom stereocenters. The highest BCUT2D eigenvalue weighted by atomic mass is 16.5. The zero-order valence-corrected chi connectivity index (χ0v) is 12.0. The summed E-state index contributed by atoms with van der Waals surface area (Å²) in [5, 5.41) is 3.52. The minimum atomic E-state index is 0.378. The molecule has 0 aliphatic heterocycles. The van der Waals surface area contributed by atoms with Crippen molar-refractivity contribution in [3.05, 3.63) is 29.8 Å². The smallest absolute Gasteiger partial charge is 0.122 e. The van der Waals surface area contributed by atoms with Crippen LogP contribution < -0.4 is 15.8 Å². The third kappa shape index (κ3) is 6.05. The van der Waals surface area contributed by atoms with E-state index in [1.165, 1.54) is 5.56 Å². The summed E-state index contributed by atoms with van der Waals surface area (Å²) < 4.78 is 10.6. The first-order chi connectivity index (χ1) is 9.31. The Kier molecular flexibility index (Phi) is 8.21. The van der Waals surface area contributed by atoms with Crippen LogP contribution in [0.25, 0.3) is 0 Å². The molecule has 0 bridgehead atoms. The van der Waals surface area contributed by atoms with Crippen LogP contribution in [0.1, 0.15) is 18.4 Å². The quantitative estimate of drug-likeness (QED) is 0.675. The molecule has 1 rings (SSSR count). The molecule has 4 heteroatoms. The van der Waals surface area contributed by atoms with E-state index in [0.717, 1.165) is 44.7 Å². The second-order valence-electron chi connectivity index (χ2n) is 4.60. The van der Waals surface area contributed by atoms with Crippen molar-refractivity contribution in [3.63, 3.8) is 0 Å². The fraction of sp³-hybridized carbons (Fsp3) is 0.600. The number of benzene rings is 1. The molecule has 19 heavy (non-hydrogen) atoms. The molecular weight excluding hydrogens is 240 g/mol. The average Bonchev–Trinajstić information content (AvgIpc) is 2.45. The average molecular weight is 266 g/mol. The Labute approximate surface area is 116 Å². The molecular formula is C15H26N2O2. The van der Waals surface area contributed by atoms with Gasteiger partial charge in [-0.3, -0.25) is 0 Å². The molecule has 0 fully saturated rings. The van der Waals surface area contributed by atoms with Gasteiger partial charge in [0.25, 0.3) is 0 Å². The van der Waals surface area contributed by atoms with E-state index in [9.17, 15) is 0 Å². The van der Waals surface area contributed by atoms with Gasteiger partial charge >= 0.3 is 0 Å². The summed E-state index contributed by atoms with van der Waals surface area (Å²) in [5.41, 5.74) is 6.77. The van der Waals surface area contributed by atoms with Crippen molar-refractivity contribution >= 4 is 0 Å². The summed E-state index contributed by atoms with van der Waals surface area (Å²) in [5.74, 6) is 0.953. The van der Waals surface area contributed by atoms with E-state index in [1.54, 1.807) is 14.2 Å². The van der Waals surface area contributed by atoms with Gasteiger partial charge in [-0.25, -0.2) is 0 Å². The largest absolute Gasteiger partial charge is 0.496 e. The van der Waals surface area contributed by atoms with Gasteiger partial charge in [0.15, 0.2) is 0 Å². The highest BCUT2D eigenvalue weighted by Gasteiger charge is 2.08. The maximum absolute atomic E-state index is 5.55. The van der Waals surface area contributed by atoms with Gasteiger partial charge in [-0.05, 0) is 44.0 Å². The molecule has 4 nitrogen and oxygen atoms in total. The predicted octanol–water partition coefficient (Wildman–Crippen LogP) is 1.58. The Balaban J connectivity index is 2.38. The van der Waals surface area contributed by atoms with Gasteiger partial charge in [-0.2, -0.15) is 0 Å². The van der Waals surface area contributed by atoms with Gasteiger partial charge < -0.3 is 20.5 Å². The van der Waals surface area contributed by atoms with Gasteiger partial charge in [0, 0.05) is 13.2 Å². The normalized spacial score (nSPS) is 12.4. The van der Waals surface area contributed by atoms with Crippen LogP contribution >= 0.6 is 0 Å². The number of nitrogens with one attached hydrogen (secondary N) is 1. The number of hydrogen-bond acceptors (Lipinski definition) is 4. The van der Waals surface area contributed by atoms with Gasteiger partial charge in [0.05, 0.1) is 13.7 Å². The Hall–Kier alpha value is -1.10. The molecule has 0 spiro atoms. The van der Waals surface area contributed by atoms with Crippen LogP contribution in [0, 0.1) is 0 Å². The second kappa shape index (κ2) is 9.78. The fourth-order valence-corrected chi connectivity index (χ4v) is 2.13. The third-order valence-electron chi connectivity index (χ3n) is 3.14. The van der Waals surface area contributed by atoms with E-state index >= 15 is 0 Å². The van der Waals surface area contributed by atoms with Crippen molar-refractivity contribution in [3.8, 4) is 5.75 Å². The Morgan fingerprint density at radius 1 is 1.26 bits per heavy atom. The molecule has 1 atom stereocenters. The van der Waals surface area contributed by atoms with Crippen LogP contribution in [0.5, 0.6) is 5.75 Å². The monoisotopic (exact) mass is 266 g/mol. The molecule has 1 aromatic rings. The van der Waals surface area contributed by atoms with E-state index < -0.39 is 0 Å². The van der Waals surface area contributed by atoms with E-state index in [1.807, 2.05) is 18.2 Å². The first kappa shape index (κ1) is 16.0. The van der Waals surface area contributed by atoms with E-state index in [4.69, 9.17) is 15.2 Å². The molecule has 3 N–H and O–H groups in total. The summed E-state index contributed by atoms with van der Waals surface area (Å²) in [4.78, 5) is 0. The molecule has 0 aromatic heterocycles. The van der Waals surface area contributed by atoms with Crippen LogP contribution in [-0.2, 0) is 11.2 Å². The Morgan fingerprint density at radius 2 is 2.05 bits per heavy atom. The van der Waals surface area contributed by atoms with Gasteiger partial charge in [-0.1, -0.05) is 18.2 Å². The highest BCUT2D eigenvalue weighted by Crippen LogP contribution is 2.17. The Morgan fingerprint density at radius 3 is 2.74 bits per heavy atom. The Bertz CT molecular complexity index is 345. The minimum absolute atomic E-state index is 0.378. The maximum atomic E-state index is 5.55. The number of hydrogen-bond donors (Lipinski definition) is 2. The molecule has 0 amide bonds. The summed E-state index contributed by atoms with van der Waals surface area (Å²) in [6, 6.07) is 8.51. The lowest BCUT2D eigenvalue weighted by molar-refractivity contribution is 0.162. The predicted molar refractivity (Wildman–Crippen MR) is 78.7 cm³/mol. The van der Waals surface area contributed by atoms with Crippen LogP contribution in [-0.4, -0.2) is 40.0 Å². The second-order valence-corrected chi connectivity index (χ2v) is 4.60. The number of rotatable bonds is 10. The lowest BCUT2D eigenvalue weighted by atomic mass is 10.1. The maximum Gasteiger partial charge on any atom is 0.122 e. The lowest BCUT2D eigenvalue weighted by Gasteiger charge is -2.18. The first-order valence-corrected chi connectivity index (χ1v) is 6.86. The SMILES string of the molecule is COCC(CCCN)NCCc1ccccc1OC. The van der Waals surface area contributed by atoms with Crippen LogP contribution in [0.3, 0.4) is 0 Å². The summed E-state index contributed by atoms with van der Waals surface area (Å²) in [6.45, 7) is 2.37. The summed E-state index contributed by atoms with van der Waals surface area (Å²) >= 11 is 0. The van der Waals surface area contributed by atoms with Crippen LogP contribution in [0.4, 0.5) is 0 Å². The standard InChI is InChI=1S/C15H26N2O2/c1-18-12-14(7-5-10-16)17-11-9-13-6-3-4-8-15(13)19-2/h3-4,6,8,14,17H,5,7,9-12,16H2,1-2H3. The topological polar surface area (TPSA) is 56.5 Å². The van der Waals surface area contributed by atoms with E-state index in [0.29, 0.717) is 6.04 Å². The van der Waals surface area contributed by atoms with Crippen LogP contribution in [0.2, 0.25) is 0 Å². The van der Waals surface area contributed by atoms with Crippen molar-refractivity contribution in [1.29, 1.82) is 0 Å².